The van der Waals surface area contributed by atoms with Crippen LogP contribution < -0.4 is 5.32 Å². The number of rotatable bonds is 4. The molecule has 0 aromatic carbocycles. The van der Waals surface area contributed by atoms with E-state index in [9.17, 15) is 14.7 Å². The van der Waals surface area contributed by atoms with Gasteiger partial charge in [0.1, 0.15) is 0 Å². The average Bonchev–Trinajstić information content (AvgIpc) is 2.48. The number of aromatic nitrogens is 1. The molecule has 3 unspecified atom stereocenters. The Bertz CT molecular complexity index is 513. The number of amides is 1. The molecule has 0 saturated heterocycles. The molecule has 3 atom stereocenters. The molecule has 1 amide bonds. The minimum absolute atomic E-state index is 0.222. The second kappa shape index (κ2) is 6.32. The first-order chi connectivity index (χ1) is 9.59. The fourth-order valence-electron chi connectivity index (χ4n) is 2.40. The van der Waals surface area contributed by atoms with Crippen molar-refractivity contribution >= 4 is 11.9 Å². The van der Waals surface area contributed by atoms with Crippen molar-refractivity contribution in [3.8, 4) is 0 Å². The molecule has 0 saturated carbocycles. The molecule has 1 heterocycles. The first-order valence-corrected chi connectivity index (χ1v) is 6.68. The predicted molar refractivity (Wildman–Crippen MR) is 73.8 cm³/mol. The Labute approximate surface area is 117 Å². The SMILES string of the molecule is CC(NC(=O)C1CC=CCC1C(=O)O)c1ccccn1. The maximum absolute atomic E-state index is 12.3. The number of hydrogen-bond acceptors (Lipinski definition) is 3. The van der Waals surface area contributed by atoms with E-state index in [1.807, 2.05) is 37.3 Å². The zero-order valence-corrected chi connectivity index (χ0v) is 11.3. The van der Waals surface area contributed by atoms with Gasteiger partial charge in [0, 0.05) is 6.20 Å². The lowest BCUT2D eigenvalue weighted by molar-refractivity contribution is -0.147. The van der Waals surface area contributed by atoms with E-state index in [2.05, 4.69) is 10.3 Å². The smallest absolute Gasteiger partial charge is 0.307 e. The van der Waals surface area contributed by atoms with Crippen LogP contribution in [0.3, 0.4) is 0 Å². The number of pyridine rings is 1. The van der Waals surface area contributed by atoms with Crippen LogP contribution in [0.4, 0.5) is 0 Å². The highest BCUT2D eigenvalue weighted by Gasteiger charge is 2.34. The number of aliphatic carboxylic acids is 1. The molecule has 1 aliphatic carbocycles. The summed E-state index contributed by atoms with van der Waals surface area (Å²) in [6, 6.07) is 5.27. The van der Waals surface area contributed by atoms with Crippen molar-refractivity contribution in [1.82, 2.24) is 10.3 Å². The van der Waals surface area contributed by atoms with E-state index < -0.39 is 17.8 Å². The van der Waals surface area contributed by atoms with E-state index >= 15 is 0 Å². The summed E-state index contributed by atoms with van der Waals surface area (Å²) in [6.45, 7) is 1.84. The summed E-state index contributed by atoms with van der Waals surface area (Å²) in [7, 11) is 0. The van der Waals surface area contributed by atoms with Gasteiger partial charge in [-0.2, -0.15) is 0 Å². The Morgan fingerprint density at radius 3 is 2.60 bits per heavy atom. The highest BCUT2D eigenvalue weighted by atomic mass is 16.4. The first-order valence-electron chi connectivity index (χ1n) is 6.68. The Hall–Kier alpha value is -2.17. The third-order valence-corrected chi connectivity index (χ3v) is 3.58. The molecule has 2 N–H and O–H groups in total. The lowest BCUT2D eigenvalue weighted by Gasteiger charge is -2.25. The van der Waals surface area contributed by atoms with Crippen molar-refractivity contribution in [3.05, 3.63) is 42.2 Å². The van der Waals surface area contributed by atoms with Gasteiger partial charge >= 0.3 is 5.97 Å². The van der Waals surface area contributed by atoms with Gasteiger partial charge in [-0.1, -0.05) is 18.2 Å². The molecule has 0 bridgehead atoms. The number of carboxylic acids is 1. The van der Waals surface area contributed by atoms with Gasteiger partial charge in [0.05, 0.1) is 23.6 Å². The van der Waals surface area contributed by atoms with Crippen LogP contribution in [0.5, 0.6) is 0 Å². The quantitative estimate of drug-likeness (QED) is 0.822. The molecule has 1 aromatic rings. The van der Waals surface area contributed by atoms with Gasteiger partial charge in [-0.15, -0.1) is 0 Å². The van der Waals surface area contributed by atoms with Crippen LogP contribution in [-0.2, 0) is 9.59 Å². The highest BCUT2D eigenvalue weighted by molar-refractivity contribution is 5.85. The molecule has 0 aliphatic heterocycles. The van der Waals surface area contributed by atoms with E-state index in [4.69, 9.17) is 0 Å². The summed E-state index contributed by atoms with van der Waals surface area (Å²) in [5.74, 6) is -2.29. The molecular weight excluding hydrogens is 256 g/mol. The second-order valence-electron chi connectivity index (χ2n) is 4.98. The number of carbonyl (C=O) groups excluding carboxylic acids is 1. The molecule has 5 heteroatoms. The normalized spacial score (nSPS) is 23.1. The van der Waals surface area contributed by atoms with Crippen LogP contribution in [0.1, 0.15) is 31.5 Å². The Morgan fingerprint density at radius 2 is 2.00 bits per heavy atom. The number of allylic oxidation sites excluding steroid dienone is 2. The number of carboxylic acid groups (broad SMARTS) is 1. The van der Waals surface area contributed by atoms with Gasteiger partial charge in [0.15, 0.2) is 0 Å². The number of hydrogen-bond donors (Lipinski definition) is 2. The van der Waals surface area contributed by atoms with Gasteiger partial charge in [-0.25, -0.2) is 0 Å². The topological polar surface area (TPSA) is 79.3 Å². The Kier molecular flexibility index (Phi) is 4.50. The molecule has 106 valence electrons. The molecule has 20 heavy (non-hydrogen) atoms. The summed E-state index contributed by atoms with van der Waals surface area (Å²) in [6.07, 6.45) is 6.24. The summed E-state index contributed by atoms with van der Waals surface area (Å²) in [4.78, 5) is 27.6. The number of nitrogens with zero attached hydrogens (tertiary/aromatic N) is 1. The van der Waals surface area contributed by atoms with Crippen molar-refractivity contribution in [2.45, 2.75) is 25.8 Å². The first kappa shape index (κ1) is 14.2. The summed E-state index contributed by atoms with van der Waals surface area (Å²) in [5, 5.41) is 12.0. The number of carbonyl (C=O) groups is 2. The van der Waals surface area contributed by atoms with E-state index in [0.717, 1.165) is 5.69 Å². The van der Waals surface area contributed by atoms with Crippen LogP contribution in [0.15, 0.2) is 36.5 Å². The average molecular weight is 274 g/mol. The molecule has 1 aromatic heterocycles. The molecule has 5 nitrogen and oxygen atoms in total. The molecular formula is C15H18N2O3. The number of nitrogens with one attached hydrogen (secondary N) is 1. The summed E-state index contributed by atoms with van der Waals surface area (Å²) in [5.41, 5.74) is 0.763. The van der Waals surface area contributed by atoms with Crippen LogP contribution in [0.2, 0.25) is 0 Å². The van der Waals surface area contributed by atoms with E-state index in [0.29, 0.717) is 12.8 Å². The third-order valence-electron chi connectivity index (χ3n) is 3.58. The van der Waals surface area contributed by atoms with Gasteiger partial charge in [-0.05, 0) is 31.9 Å². The van der Waals surface area contributed by atoms with E-state index in [-0.39, 0.29) is 11.9 Å². The van der Waals surface area contributed by atoms with Crippen molar-refractivity contribution in [3.63, 3.8) is 0 Å². The van der Waals surface area contributed by atoms with Crippen LogP contribution in [0, 0.1) is 11.8 Å². The second-order valence-corrected chi connectivity index (χ2v) is 4.98. The van der Waals surface area contributed by atoms with Gasteiger partial charge in [0.25, 0.3) is 0 Å². The molecule has 0 fully saturated rings. The van der Waals surface area contributed by atoms with Gasteiger partial charge in [-0.3, -0.25) is 14.6 Å². The van der Waals surface area contributed by atoms with Crippen molar-refractivity contribution < 1.29 is 14.7 Å². The Balaban J connectivity index is 2.04. The third kappa shape index (κ3) is 3.23. The standard InChI is InChI=1S/C15H18N2O3/c1-10(13-8-4-5-9-16-13)17-14(18)11-6-2-3-7-12(11)15(19)20/h2-5,8-12H,6-7H2,1H3,(H,17,18)(H,19,20). The lowest BCUT2D eigenvalue weighted by Crippen LogP contribution is -2.39. The maximum Gasteiger partial charge on any atom is 0.307 e. The van der Waals surface area contributed by atoms with Crippen molar-refractivity contribution in [1.29, 1.82) is 0 Å². The lowest BCUT2D eigenvalue weighted by atomic mass is 9.82. The molecule has 0 spiro atoms. The van der Waals surface area contributed by atoms with Crippen LogP contribution in [-0.4, -0.2) is 22.0 Å². The summed E-state index contributed by atoms with van der Waals surface area (Å²) >= 11 is 0. The monoisotopic (exact) mass is 274 g/mol. The Morgan fingerprint density at radius 1 is 1.30 bits per heavy atom. The minimum Gasteiger partial charge on any atom is -0.481 e. The molecule has 1 aliphatic rings. The van der Waals surface area contributed by atoms with Crippen LogP contribution >= 0.6 is 0 Å². The van der Waals surface area contributed by atoms with E-state index in [1.54, 1.807) is 6.20 Å². The highest BCUT2D eigenvalue weighted by Crippen LogP contribution is 2.26. The maximum atomic E-state index is 12.3. The fraction of sp³-hybridized carbons (Fsp3) is 0.400. The van der Waals surface area contributed by atoms with E-state index in [1.165, 1.54) is 0 Å². The zero-order chi connectivity index (χ0) is 14.5. The van der Waals surface area contributed by atoms with Gasteiger partial charge in [0.2, 0.25) is 5.91 Å². The predicted octanol–water partition coefficient (Wildman–Crippen LogP) is 1.93. The van der Waals surface area contributed by atoms with Crippen molar-refractivity contribution in [2.75, 3.05) is 0 Å². The molecule has 0 radical (unpaired) electrons. The zero-order valence-electron chi connectivity index (χ0n) is 11.3. The molecule has 2 rings (SSSR count). The minimum atomic E-state index is -0.917. The largest absolute Gasteiger partial charge is 0.481 e. The summed E-state index contributed by atoms with van der Waals surface area (Å²) < 4.78 is 0. The van der Waals surface area contributed by atoms with Crippen LogP contribution in [0.25, 0.3) is 0 Å². The van der Waals surface area contributed by atoms with Crippen molar-refractivity contribution in [2.24, 2.45) is 11.8 Å². The fourth-order valence-corrected chi connectivity index (χ4v) is 2.40. The van der Waals surface area contributed by atoms with Gasteiger partial charge < -0.3 is 10.4 Å².